The molecule has 0 saturated heterocycles. The summed E-state index contributed by atoms with van der Waals surface area (Å²) in [6.45, 7) is 5.02. The zero-order valence-corrected chi connectivity index (χ0v) is 12.2. The van der Waals surface area contributed by atoms with Crippen LogP contribution in [0.15, 0.2) is 36.5 Å². The second kappa shape index (κ2) is 5.37. The molecule has 4 nitrogen and oxygen atoms in total. The Morgan fingerprint density at radius 2 is 2.05 bits per heavy atom. The Morgan fingerprint density at radius 3 is 2.76 bits per heavy atom. The zero-order chi connectivity index (χ0) is 14.8. The molecule has 0 saturated carbocycles. The van der Waals surface area contributed by atoms with Crippen LogP contribution in [0.5, 0.6) is 0 Å². The highest BCUT2D eigenvalue weighted by Crippen LogP contribution is 2.28. The highest BCUT2D eigenvalue weighted by atomic mass is 15.1. The molecule has 0 aliphatic heterocycles. The standard InChI is InChI=1S/C17H16N4/c1-3-15-8-14(11-19-20-15)17-9-13-6-5-12(10-18)7-16(13)21(17)4-2/h5-9,11H,3-4H2,1-2H3. The van der Waals surface area contributed by atoms with E-state index >= 15 is 0 Å². The molecule has 0 unspecified atom stereocenters. The summed E-state index contributed by atoms with van der Waals surface area (Å²) >= 11 is 0. The summed E-state index contributed by atoms with van der Waals surface area (Å²) < 4.78 is 2.21. The molecule has 0 aliphatic rings. The minimum absolute atomic E-state index is 0.684. The van der Waals surface area contributed by atoms with Gasteiger partial charge in [-0.15, -0.1) is 0 Å². The van der Waals surface area contributed by atoms with Crippen LogP contribution in [0, 0.1) is 11.3 Å². The van der Waals surface area contributed by atoms with E-state index in [-0.39, 0.29) is 0 Å². The van der Waals surface area contributed by atoms with Gasteiger partial charge in [-0.2, -0.15) is 15.5 Å². The molecule has 0 amide bonds. The molecule has 0 N–H and O–H groups in total. The fourth-order valence-corrected chi connectivity index (χ4v) is 2.63. The van der Waals surface area contributed by atoms with Gasteiger partial charge in [-0.05, 0) is 37.6 Å². The van der Waals surface area contributed by atoms with Gasteiger partial charge in [0.05, 0.1) is 29.2 Å². The number of fused-ring (bicyclic) bond motifs is 1. The van der Waals surface area contributed by atoms with Crippen molar-refractivity contribution >= 4 is 10.9 Å². The quantitative estimate of drug-likeness (QED) is 0.735. The van der Waals surface area contributed by atoms with Crippen LogP contribution in [0.2, 0.25) is 0 Å². The van der Waals surface area contributed by atoms with Gasteiger partial charge < -0.3 is 4.57 Å². The maximum atomic E-state index is 9.08. The monoisotopic (exact) mass is 276 g/mol. The van der Waals surface area contributed by atoms with Gasteiger partial charge in [0, 0.05) is 23.0 Å². The molecule has 4 heteroatoms. The van der Waals surface area contributed by atoms with Crippen molar-refractivity contribution in [2.24, 2.45) is 0 Å². The van der Waals surface area contributed by atoms with Crippen molar-refractivity contribution in [1.82, 2.24) is 14.8 Å². The van der Waals surface area contributed by atoms with Crippen molar-refractivity contribution < 1.29 is 0 Å². The normalized spacial score (nSPS) is 10.7. The van der Waals surface area contributed by atoms with Crippen molar-refractivity contribution in [3.8, 4) is 17.3 Å². The van der Waals surface area contributed by atoms with Crippen molar-refractivity contribution in [2.45, 2.75) is 26.8 Å². The molecular formula is C17H16N4. The lowest BCUT2D eigenvalue weighted by Crippen LogP contribution is -1.99. The molecular weight excluding hydrogens is 260 g/mol. The Bertz CT molecular complexity index is 840. The summed E-state index contributed by atoms with van der Waals surface area (Å²) in [7, 11) is 0. The van der Waals surface area contributed by atoms with Crippen LogP contribution in [0.3, 0.4) is 0 Å². The molecule has 21 heavy (non-hydrogen) atoms. The third-order valence-electron chi connectivity index (χ3n) is 3.71. The summed E-state index contributed by atoms with van der Waals surface area (Å²) in [5.41, 5.74) is 4.94. The minimum atomic E-state index is 0.684. The molecule has 3 aromatic rings. The van der Waals surface area contributed by atoms with E-state index in [9.17, 15) is 0 Å². The van der Waals surface area contributed by atoms with E-state index in [1.54, 1.807) is 6.20 Å². The Morgan fingerprint density at radius 1 is 1.19 bits per heavy atom. The first-order valence-electron chi connectivity index (χ1n) is 7.12. The van der Waals surface area contributed by atoms with E-state index in [4.69, 9.17) is 5.26 Å². The maximum Gasteiger partial charge on any atom is 0.0992 e. The van der Waals surface area contributed by atoms with Crippen LogP contribution in [-0.4, -0.2) is 14.8 Å². The van der Waals surface area contributed by atoms with Gasteiger partial charge in [-0.25, -0.2) is 0 Å². The molecule has 1 aromatic carbocycles. The fraction of sp³-hybridized carbons (Fsp3) is 0.235. The third kappa shape index (κ3) is 2.27. The van der Waals surface area contributed by atoms with E-state index in [2.05, 4.69) is 46.8 Å². The van der Waals surface area contributed by atoms with E-state index in [1.165, 1.54) is 0 Å². The number of hydrogen-bond acceptors (Lipinski definition) is 3. The molecule has 0 bridgehead atoms. The topological polar surface area (TPSA) is 54.5 Å². The van der Waals surface area contributed by atoms with E-state index < -0.39 is 0 Å². The predicted molar refractivity (Wildman–Crippen MR) is 82.7 cm³/mol. The molecule has 0 spiro atoms. The largest absolute Gasteiger partial charge is 0.341 e. The van der Waals surface area contributed by atoms with Crippen molar-refractivity contribution in [3.05, 3.63) is 47.8 Å². The summed E-state index contributed by atoms with van der Waals surface area (Å²) in [6.07, 6.45) is 2.66. The molecule has 0 atom stereocenters. The number of hydrogen-bond donors (Lipinski definition) is 0. The van der Waals surface area contributed by atoms with E-state index in [0.717, 1.165) is 40.8 Å². The Balaban J connectivity index is 2.24. The predicted octanol–water partition coefficient (Wildman–Crippen LogP) is 3.55. The van der Waals surface area contributed by atoms with Gasteiger partial charge in [0.2, 0.25) is 0 Å². The van der Waals surface area contributed by atoms with Crippen LogP contribution >= 0.6 is 0 Å². The number of rotatable bonds is 3. The maximum absolute atomic E-state index is 9.08. The summed E-state index contributed by atoms with van der Waals surface area (Å²) in [6, 6.07) is 12.2. The first kappa shape index (κ1) is 13.3. The Kier molecular flexibility index (Phi) is 3.41. The van der Waals surface area contributed by atoms with Gasteiger partial charge in [0.25, 0.3) is 0 Å². The van der Waals surface area contributed by atoms with Gasteiger partial charge in [0.15, 0.2) is 0 Å². The van der Waals surface area contributed by atoms with Crippen LogP contribution in [0.4, 0.5) is 0 Å². The number of nitriles is 1. The number of aryl methyl sites for hydroxylation is 2. The number of benzene rings is 1. The average molecular weight is 276 g/mol. The first-order valence-corrected chi connectivity index (χ1v) is 7.12. The lowest BCUT2D eigenvalue weighted by atomic mass is 10.1. The van der Waals surface area contributed by atoms with Crippen LogP contribution < -0.4 is 0 Å². The molecule has 0 radical (unpaired) electrons. The SMILES string of the molecule is CCc1cc(-c2cc3ccc(C#N)cc3n2CC)cnn1. The van der Waals surface area contributed by atoms with Crippen LogP contribution in [0.25, 0.3) is 22.2 Å². The summed E-state index contributed by atoms with van der Waals surface area (Å²) in [5, 5.41) is 18.4. The van der Waals surface area contributed by atoms with Crippen molar-refractivity contribution in [1.29, 1.82) is 5.26 Å². The number of aromatic nitrogens is 3. The molecule has 2 aromatic heterocycles. The van der Waals surface area contributed by atoms with Gasteiger partial charge >= 0.3 is 0 Å². The Hall–Kier alpha value is -2.67. The van der Waals surface area contributed by atoms with Crippen molar-refractivity contribution in [2.75, 3.05) is 0 Å². The zero-order valence-electron chi connectivity index (χ0n) is 12.2. The average Bonchev–Trinajstić information content (AvgIpc) is 2.92. The van der Waals surface area contributed by atoms with E-state index in [1.807, 2.05) is 18.2 Å². The fourth-order valence-electron chi connectivity index (χ4n) is 2.63. The summed E-state index contributed by atoms with van der Waals surface area (Å²) in [4.78, 5) is 0. The van der Waals surface area contributed by atoms with Gasteiger partial charge in [-0.3, -0.25) is 0 Å². The lowest BCUT2D eigenvalue weighted by molar-refractivity contribution is 0.802. The second-order valence-corrected chi connectivity index (χ2v) is 4.95. The highest BCUT2D eigenvalue weighted by molar-refractivity contribution is 5.88. The minimum Gasteiger partial charge on any atom is -0.341 e. The third-order valence-corrected chi connectivity index (χ3v) is 3.71. The smallest absolute Gasteiger partial charge is 0.0992 e. The second-order valence-electron chi connectivity index (χ2n) is 4.95. The summed E-state index contributed by atoms with van der Waals surface area (Å²) in [5.74, 6) is 0. The molecule has 104 valence electrons. The number of nitrogens with zero attached hydrogens (tertiary/aromatic N) is 4. The first-order chi connectivity index (χ1) is 10.3. The van der Waals surface area contributed by atoms with Crippen LogP contribution in [0.1, 0.15) is 25.1 Å². The highest BCUT2D eigenvalue weighted by Gasteiger charge is 2.11. The van der Waals surface area contributed by atoms with E-state index in [0.29, 0.717) is 5.56 Å². The lowest BCUT2D eigenvalue weighted by Gasteiger charge is -2.08. The Labute approximate surface area is 123 Å². The van der Waals surface area contributed by atoms with Gasteiger partial charge in [0.1, 0.15) is 0 Å². The molecule has 0 aliphatic carbocycles. The molecule has 3 rings (SSSR count). The van der Waals surface area contributed by atoms with Crippen molar-refractivity contribution in [3.63, 3.8) is 0 Å². The van der Waals surface area contributed by atoms with Crippen LogP contribution in [-0.2, 0) is 13.0 Å². The molecule has 0 fully saturated rings. The van der Waals surface area contributed by atoms with Gasteiger partial charge in [-0.1, -0.05) is 13.0 Å². The molecule has 2 heterocycles.